The van der Waals surface area contributed by atoms with Gasteiger partial charge in [-0.1, -0.05) is 127 Å². The van der Waals surface area contributed by atoms with Crippen LogP contribution >= 0.6 is 0 Å². The lowest BCUT2D eigenvalue weighted by Gasteiger charge is -2.47. The predicted octanol–water partition coefficient (Wildman–Crippen LogP) is 12.9. The number of rotatable bonds is 0. The molecule has 0 unspecified atom stereocenters. The lowest BCUT2D eigenvalue weighted by atomic mass is 9.33. The molecule has 0 bridgehead atoms. The van der Waals surface area contributed by atoms with E-state index in [2.05, 4.69) is 199 Å². The molecule has 0 spiro atoms. The molecule has 306 valence electrons. The Kier molecular flexibility index (Phi) is 6.91. The van der Waals surface area contributed by atoms with Gasteiger partial charge in [0.2, 0.25) is 0 Å². The SMILES string of the molecule is Cc1c(C)n2c3c(cc(C(C)(C)C)cc13)B1c3cc(C(C)(C)C)cc4c3N(c3c1c-2c1c2cc(C(C)(C)C)ccc2n2c5ccc(C(C)(C)C)cc5c3c12)C(C)(C)C4(C)C. The van der Waals surface area contributed by atoms with Crippen molar-refractivity contribution >= 4 is 83.5 Å². The van der Waals surface area contributed by atoms with Crippen molar-refractivity contribution in [3.63, 3.8) is 0 Å². The Hall–Kier alpha value is -4.70. The van der Waals surface area contributed by atoms with Gasteiger partial charge in [-0.25, -0.2) is 0 Å². The third-order valence-corrected chi connectivity index (χ3v) is 16.3. The molecule has 4 heteroatoms. The van der Waals surface area contributed by atoms with Crippen LogP contribution in [0.2, 0.25) is 0 Å². The van der Waals surface area contributed by atoms with E-state index in [1.165, 1.54) is 122 Å². The maximum absolute atomic E-state index is 2.87. The third kappa shape index (κ3) is 4.39. The van der Waals surface area contributed by atoms with E-state index in [1.54, 1.807) is 0 Å². The molecule has 0 fully saturated rings. The van der Waals surface area contributed by atoms with Crippen LogP contribution in [-0.4, -0.2) is 21.2 Å². The standard InChI is InChI=1S/C56H64BN3/c1-29-30(2)58-46-35(29)25-33(53(9,10)11)27-39(46)57-40-28-34(54(12,13)14)26-38-47(40)60(56(17,18)55(38,15)16)50-44-37-24-32(52(6,7)8)20-22-42(37)59-41-21-19-31(51(3,4)5)23-36(41)43(48(44)59)49(58)45(50)57/h19-28H,1-18H3. The van der Waals surface area contributed by atoms with Crippen molar-refractivity contribution in [2.45, 2.75) is 157 Å². The summed E-state index contributed by atoms with van der Waals surface area (Å²) < 4.78 is 5.40. The first-order valence-electron chi connectivity index (χ1n) is 22.7. The van der Waals surface area contributed by atoms with Gasteiger partial charge in [0.25, 0.3) is 6.71 Å². The van der Waals surface area contributed by atoms with Gasteiger partial charge in [0.15, 0.2) is 0 Å². The van der Waals surface area contributed by atoms with Crippen molar-refractivity contribution in [2.75, 3.05) is 4.90 Å². The summed E-state index contributed by atoms with van der Waals surface area (Å²) in [5.41, 5.74) is 23.5. The third-order valence-electron chi connectivity index (χ3n) is 16.3. The number of hydrogen-bond acceptors (Lipinski definition) is 1. The Balaban J connectivity index is 1.49. The van der Waals surface area contributed by atoms with Gasteiger partial charge in [0.1, 0.15) is 0 Å². The van der Waals surface area contributed by atoms with E-state index in [4.69, 9.17) is 0 Å². The van der Waals surface area contributed by atoms with Crippen molar-refractivity contribution in [1.82, 2.24) is 8.97 Å². The Morgan fingerprint density at radius 1 is 0.500 bits per heavy atom. The van der Waals surface area contributed by atoms with Crippen molar-refractivity contribution in [1.29, 1.82) is 0 Å². The highest BCUT2D eigenvalue weighted by Crippen LogP contribution is 2.60. The van der Waals surface area contributed by atoms with Crippen molar-refractivity contribution in [3.8, 4) is 5.69 Å². The summed E-state index contributed by atoms with van der Waals surface area (Å²) in [5, 5.41) is 6.96. The van der Waals surface area contributed by atoms with Crippen LogP contribution in [0.3, 0.4) is 0 Å². The molecule has 3 aromatic heterocycles. The Bertz CT molecular complexity index is 3260. The van der Waals surface area contributed by atoms with Crippen molar-refractivity contribution < 1.29 is 0 Å². The molecule has 0 N–H and O–H groups in total. The lowest BCUT2D eigenvalue weighted by molar-refractivity contribution is 0.330. The first-order chi connectivity index (χ1) is 27.7. The fourth-order valence-corrected chi connectivity index (χ4v) is 11.8. The molecule has 60 heavy (non-hydrogen) atoms. The van der Waals surface area contributed by atoms with Crippen LogP contribution in [-0.2, 0) is 27.1 Å². The zero-order chi connectivity index (χ0) is 43.1. The molecule has 11 rings (SSSR count). The quantitative estimate of drug-likeness (QED) is 0.139. The van der Waals surface area contributed by atoms with Crippen LogP contribution in [0.5, 0.6) is 0 Å². The molecular formula is C56H64BN3. The smallest absolute Gasteiger partial charge is 0.252 e. The minimum Gasteiger partial charge on any atom is -0.335 e. The lowest BCUT2D eigenvalue weighted by Crippen LogP contribution is -2.63. The average Bonchev–Trinajstić information content (AvgIpc) is 3.78. The molecule has 6 heterocycles. The van der Waals surface area contributed by atoms with Crippen LogP contribution in [0.15, 0.2) is 60.7 Å². The van der Waals surface area contributed by atoms with Gasteiger partial charge >= 0.3 is 0 Å². The van der Waals surface area contributed by atoms with E-state index in [-0.39, 0.29) is 39.3 Å². The molecule has 8 aromatic rings. The highest BCUT2D eigenvalue weighted by Gasteiger charge is 2.58. The highest BCUT2D eigenvalue weighted by atomic mass is 15.3. The summed E-state index contributed by atoms with van der Waals surface area (Å²) >= 11 is 0. The van der Waals surface area contributed by atoms with Crippen LogP contribution < -0.4 is 21.3 Å². The minimum atomic E-state index is -0.228. The number of anilines is 2. The Labute approximate surface area is 358 Å². The van der Waals surface area contributed by atoms with Crippen LogP contribution in [0.1, 0.15) is 150 Å². The van der Waals surface area contributed by atoms with Crippen molar-refractivity contribution in [3.05, 3.63) is 99.7 Å². The van der Waals surface area contributed by atoms with Gasteiger partial charge in [-0.15, -0.1) is 0 Å². The Morgan fingerprint density at radius 2 is 0.983 bits per heavy atom. The zero-order valence-corrected chi connectivity index (χ0v) is 39.7. The average molecular weight is 790 g/mol. The molecule has 0 aliphatic carbocycles. The van der Waals surface area contributed by atoms with E-state index in [1.807, 2.05) is 0 Å². The number of benzene rings is 5. The second-order valence-electron chi connectivity index (χ2n) is 24.4. The number of hydrogen-bond donors (Lipinski definition) is 0. The molecule has 3 aliphatic rings. The number of fused-ring (bicyclic) bond motifs is 12. The zero-order valence-electron chi connectivity index (χ0n) is 39.7. The molecule has 0 atom stereocenters. The fraction of sp³-hybridized carbons (Fsp3) is 0.429. The van der Waals surface area contributed by atoms with E-state index in [9.17, 15) is 0 Å². The highest BCUT2D eigenvalue weighted by molar-refractivity contribution is 7.01. The molecule has 5 aromatic carbocycles. The topological polar surface area (TPSA) is 12.6 Å². The maximum atomic E-state index is 2.87. The molecule has 3 aliphatic heterocycles. The summed E-state index contributed by atoms with van der Waals surface area (Å²) in [6, 6.07) is 25.2. The first-order valence-corrected chi connectivity index (χ1v) is 22.7. The van der Waals surface area contributed by atoms with Crippen molar-refractivity contribution in [2.24, 2.45) is 0 Å². The summed E-state index contributed by atoms with van der Waals surface area (Å²) in [6.45, 7) is 43.5. The molecule has 0 amide bonds. The van der Waals surface area contributed by atoms with E-state index < -0.39 is 0 Å². The molecule has 0 saturated carbocycles. The van der Waals surface area contributed by atoms with Gasteiger partial charge in [-0.05, 0) is 129 Å². The molecule has 0 radical (unpaired) electrons. The minimum absolute atomic E-state index is 0.00671. The van der Waals surface area contributed by atoms with Crippen LogP contribution in [0, 0.1) is 13.8 Å². The van der Waals surface area contributed by atoms with Gasteiger partial charge in [0.05, 0.1) is 22.2 Å². The molecule has 0 saturated heterocycles. The predicted molar refractivity (Wildman–Crippen MR) is 263 cm³/mol. The van der Waals surface area contributed by atoms with Gasteiger partial charge in [0, 0.05) is 60.5 Å². The van der Waals surface area contributed by atoms with Gasteiger partial charge in [-0.2, -0.15) is 0 Å². The second kappa shape index (κ2) is 10.8. The second-order valence-corrected chi connectivity index (χ2v) is 24.4. The fourth-order valence-electron chi connectivity index (χ4n) is 11.8. The number of nitrogens with zero attached hydrogens (tertiary/aromatic N) is 3. The Morgan fingerprint density at radius 3 is 1.52 bits per heavy atom. The van der Waals surface area contributed by atoms with Crippen LogP contribution in [0.4, 0.5) is 11.4 Å². The molecule has 3 nitrogen and oxygen atoms in total. The summed E-state index contributed by atoms with van der Waals surface area (Å²) in [4.78, 5) is 2.87. The number of aromatic nitrogens is 2. The van der Waals surface area contributed by atoms with E-state index in [0.29, 0.717) is 0 Å². The largest absolute Gasteiger partial charge is 0.335 e. The van der Waals surface area contributed by atoms with Crippen LogP contribution in [0.25, 0.3) is 54.7 Å². The summed E-state index contributed by atoms with van der Waals surface area (Å²) in [5.74, 6) is 0. The normalized spacial score (nSPS) is 17.0. The van der Waals surface area contributed by atoms with E-state index >= 15 is 0 Å². The van der Waals surface area contributed by atoms with E-state index in [0.717, 1.165) is 0 Å². The number of aryl methyl sites for hydroxylation is 1. The maximum Gasteiger partial charge on any atom is 0.252 e. The van der Waals surface area contributed by atoms with Gasteiger partial charge < -0.3 is 13.9 Å². The summed E-state index contributed by atoms with van der Waals surface area (Å²) in [7, 11) is 0. The van der Waals surface area contributed by atoms with Gasteiger partial charge in [-0.3, -0.25) is 0 Å². The summed E-state index contributed by atoms with van der Waals surface area (Å²) in [6.07, 6.45) is 0. The first kappa shape index (κ1) is 38.2. The molecular weight excluding hydrogens is 725 g/mol. The monoisotopic (exact) mass is 790 g/mol.